The van der Waals surface area contributed by atoms with Gasteiger partial charge < -0.3 is 9.64 Å². The molecule has 0 radical (unpaired) electrons. The number of benzene rings is 1. The molecule has 0 N–H and O–H groups in total. The summed E-state index contributed by atoms with van der Waals surface area (Å²) in [7, 11) is 0. The smallest absolute Gasteiger partial charge is 0.128 e. The van der Waals surface area contributed by atoms with E-state index in [0.29, 0.717) is 12.2 Å². The molecule has 1 aromatic carbocycles. The first-order chi connectivity index (χ1) is 14.3. The van der Waals surface area contributed by atoms with Gasteiger partial charge in [0.05, 0.1) is 5.56 Å². The predicted molar refractivity (Wildman–Crippen MR) is 113 cm³/mol. The Morgan fingerprint density at radius 3 is 2.52 bits per heavy atom. The van der Waals surface area contributed by atoms with Crippen molar-refractivity contribution in [2.24, 2.45) is 0 Å². The van der Waals surface area contributed by atoms with Crippen molar-refractivity contribution in [1.82, 2.24) is 14.9 Å². The molecule has 1 fully saturated rings. The molecule has 0 spiro atoms. The van der Waals surface area contributed by atoms with E-state index in [2.05, 4.69) is 31.9 Å². The number of piperazine rings is 1. The molecule has 6 nitrogen and oxygen atoms in total. The van der Waals surface area contributed by atoms with Crippen LogP contribution in [0, 0.1) is 11.3 Å². The summed E-state index contributed by atoms with van der Waals surface area (Å²) >= 11 is 0. The molecule has 146 valence electrons. The highest BCUT2D eigenvalue weighted by Gasteiger charge is 2.17. The number of hydrogen-bond acceptors (Lipinski definition) is 6. The number of rotatable bonds is 6. The number of nitriles is 1. The fourth-order valence-corrected chi connectivity index (χ4v) is 3.50. The van der Waals surface area contributed by atoms with E-state index in [4.69, 9.17) is 4.74 Å². The third kappa shape index (κ3) is 4.71. The number of ether oxygens (including phenoxy) is 1. The molecule has 1 saturated heterocycles. The first-order valence-corrected chi connectivity index (χ1v) is 9.79. The second-order valence-electron chi connectivity index (χ2n) is 6.92. The largest absolute Gasteiger partial charge is 0.492 e. The molecule has 0 aliphatic carbocycles. The summed E-state index contributed by atoms with van der Waals surface area (Å²) in [4.78, 5) is 13.2. The van der Waals surface area contributed by atoms with Crippen LogP contribution >= 0.6 is 0 Å². The lowest BCUT2D eigenvalue weighted by Gasteiger charge is -2.35. The fraction of sp³-hybridized carbons (Fsp3) is 0.261. The number of anilines is 1. The fourth-order valence-electron chi connectivity index (χ4n) is 3.50. The molecule has 3 aromatic rings. The summed E-state index contributed by atoms with van der Waals surface area (Å²) < 4.78 is 5.92. The third-order valence-corrected chi connectivity index (χ3v) is 5.13. The third-order valence-electron chi connectivity index (χ3n) is 5.13. The van der Waals surface area contributed by atoms with Crippen LogP contribution in [0.3, 0.4) is 0 Å². The van der Waals surface area contributed by atoms with Gasteiger partial charge in [-0.1, -0.05) is 18.2 Å². The Balaban J connectivity index is 1.25. The zero-order chi connectivity index (χ0) is 19.9. The molecule has 0 saturated carbocycles. The highest BCUT2D eigenvalue weighted by Crippen LogP contribution is 2.24. The normalized spacial score (nSPS) is 14.4. The van der Waals surface area contributed by atoms with Crippen LogP contribution in [-0.2, 0) is 0 Å². The van der Waals surface area contributed by atoms with E-state index in [0.717, 1.165) is 55.4 Å². The predicted octanol–water partition coefficient (Wildman–Crippen LogP) is 3.22. The van der Waals surface area contributed by atoms with Crippen LogP contribution in [-0.4, -0.2) is 54.2 Å². The summed E-state index contributed by atoms with van der Waals surface area (Å²) in [6.45, 7) is 5.55. The van der Waals surface area contributed by atoms with Crippen LogP contribution < -0.4 is 9.64 Å². The number of nitrogens with zero attached hydrogens (tertiary/aromatic N) is 5. The number of aromatic nitrogens is 2. The summed E-state index contributed by atoms with van der Waals surface area (Å²) in [5.41, 5.74) is 2.45. The number of pyridine rings is 2. The Kier molecular flexibility index (Phi) is 5.98. The molecular weight excluding hydrogens is 362 g/mol. The Morgan fingerprint density at radius 2 is 1.79 bits per heavy atom. The molecular formula is C23H23N5O. The first kappa shape index (κ1) is 18.9. The maximum absolute atomic E-state index is 9.23. The standard InChI is InChI=1S/C23H23N5O/c24-17-20-18-25-10-8-22(20)19-4-6-21(7-5-19)29-16-15-27-11-13-28(14-12-27)23-3-1-2-9-26-23/h1-10,18H,11-16H2. The van der Waals surface area contributed by atoms with Crippen molar-refractivity contribution in [3.8, 4) is 22.9 Å². The van der Waals surface area contributed by atoms with E-state index < -0.39 is 0 Å². The SMILES string of the molecule is N#Cc1cnccc1-c1ccc(OCCN2CCN(c3ccccn3)CC2)cc1. The van der Waals surface area contributed by atoms with Gasteiger partial charge in [-0.25, -0.2) is 4.98 Å². The zero-order valence-corrected chi connectivity index (χ0v) is 16.2. The van der Waals surface area contributed by atoms with Gasteiger partial charge in [-0.05, 0) is 35.9 Å². The van der Waals surface area contributed by atoms with Gasteiger partial charge in [0.15, 0.2) is 0 Å². The van der Waals surface area contributed by atoms with Gasteiger partial charge in [-0.15, -0.1) is 0 Å². The van der Waals surface area contributed by atoms with Crippen LogP contribution in [0.25, 0.3) is 11.1 Å². The van der Waals surface area contributed by atoms with Crippen molar-refractivity contribution in [3.05, 3.63) is 72.7 Å². The van der Waals surface area contributed by atoms with Crippen molar-refractivity contribution < 1.29 is 4.74 Å². The van der Waals surface area contributed by atoms with Crippen LogP contribution in [0.5, 0.6) is 5.75 Å². The summed E-state index contributed by atoms with van der Waals surface area (Å²) in [6.07, 6.45) is 5.14. The Bertz CT molecular complexity index is 961. The molecule has 3 heterocycles. The highest BCUT2D eigenvalue weighted by molar-refractivity contribution is 5.70. The van der Waals surface area contributed by atoms with Crippen molar-refractivity contribution in [1.29, 1.82) is 5.26 Å². The summed E-state index contributed by atoms with van der Waals surface area (Å²) in [6, 6.07) is 18.0. The zero-order valence-electron chi connectivity index (χ0n) is 16.2. The molecule has 0 unspecified atom stereocenters. The van der Waals surface area contributed by atoms with E-state index in [-0.39, 0.29) is 0 Å². The Morgan fingerprint density at radius 1 is 0.966 bits per heavy atom. The molecule has 2 aromatic heterocycles. The average molecular weight is 385 g/mol. The molecule has 6 heteroatoms. The van der Waals surface area contributed by atoms with Gasteiger partial charge in [-0.3, -0.25) is 9.88 Å². The summed E-state index contributed by atoms with van der Waals surface area (Å²) in [5.74, 6) is 1.89. The number of hydrogen-bond donors (Lipinski definition) is 0. The Hall–Kier alpha value is -3.43. The molecule has 0 atom stereocenters. The molecule has 1 aliphatic heterocycles. The van der Waals surface area contributed by atoms with Crippen molar-refractivity contribution in [3.63, 3.8) is 0 Å². The lowest BCUT2D eigenvalue weighted by Crippen LogP contribution is -2.47. The quantitative estimate of drug-likeness (QED) is 0.649. The molecule has 4 rings (SSSR count). The van der Waals surface area contributed by atoms with Gasteiger partial charge in [0.1, 0.15) is 24.2 Å². The minimum atomic E-state index is 0.575. The maximum atomic E-state index is 9.23. The van der Waals surface area contributed by atoms with Gasteiger partial charge in [0.25, 0.3) is 0 Å². The van der Waals surface area contributed by atoms with E-state index >= 15 is 0 Å². The van der Waals surface area contributed by atoms with E-state index in [1.54, 1.807) is 12.4 Å². The van der Waals surface area contributed by atoms with E-state index in [1.807, 2.05) is 48.7 Å². The average Bonchev–Trinajstić information content (AvgIpc) is 2.80. The van der Waals surface area contributed by atoms with Gasteiger partial charge in [0.2, 0.25) is 0 Å². The second kappa shape index (κ2) is 9.18. The molecule has 0 amide bonds. The Labute approximate surface area is 171 Å². The minimum Gasteiger partial charge on any atom is -0.492 e. The molecule has 29 heavy (non-hydrogen) atoms. The second-order valence-corrected chi connectivity index (χ2v) is 6.92. The van der Waals surface area contributed by atoms with Crippen LogP contribution in [0.4, 0.5) is 5.82 Å². The lowest BCUT2D eigenvalue weighted by atomic mass is 10.0. The maximum Gasteiger partial charge on any atom is 0.128 e. The van der Waals surface area contributed by atoms with Gasteiger partial charge in [0, 0.05) is 56.9 Å². The van der Waals surface area contributed by atoms with Gasteiger partial charge >= 0.3 is 0 Å². The van der Waals surface area contributed by atoms with Crippen LogP contribution in [0.15, 0.2) is 67.1 Å². The van der Waals surface area contributed by atoms with E-state index in [1.165, 1.54) is 0 Å². The monoisotopic (exact) mass is 385 g/mol. The van der Waals surface area contributed by atoms with Gasteiger partial charge in [-0.2, -0.15) is 5.26 Å². The summed E-state index contributed by atoms with van der Waals surface area (Å²) in [5, 5.41) is 9.23. The van der Waals surface area contributed by atoms with Crippen LogP contribution in [0.2, 0.25) is 0 Å². The van der Waals surface area contributed by atoms with Crippen molar-refractivity contribution in [2.75, 3.05) is 44.2 Å². The first-order valence-electron chi connectivity index (χ1n) is 9.79. The van der Waals surface area contributed by atoms with Crippen molar-refractivity contribution in [2.45, 2.75) is 0 Å². The van der Waals surface area contributed by atoms with Crippen LogP contribution in [0.1, 0.15) is 5.56 Å². The molecule has 0 bridgehead atoms. The van der Waals surface area contributed by atoms with E-state index in [9.17, 15) is 5.26 Å². The van der Waals surface area contributed by atoms with Crippen molar-refractivity contribution >= 4 is 5.82 Å². The topological polar surface area (TPSA) is 65.3 Å². The highest BCUT2D eigenvalue weighted by atomic mass is 16.5. The minimum absolute atomic E-state index is 0.575. The lowest BCUT2D eigenvalue weighted by molar-refractivity contribution is 0.200. The molecule has 1 aliphatic rings.